The molecule has 0 saturated heterocycles. The highest BCUT2D eigenvalue weighted by molar-refractivity contribution is 5.63. The molecule has 0 amide bonds. The molecule has 0 saturated carbocycles. The summed E-state index contributed by atoms with van der Waals surface area (Å²) in [6.07, 6.45) is 1.88. The minimum Gasteiger partial charge on any atom is -0.482 e. The largest absolute Gasteiger partial charge is 0.482 e. The van der Waals surface area contributed by atoms with E-state index in [1.165, 1.54) is 12.1 Å². The third kappa shape index (κ3) is 1.72. The van der Waals surface area contributed by atoms with E-state index >= 15 is 0 Å². The molecule has 18 heavy (non-hydrogen) atoms. The molecule has 0 radical (unpaired) electrons. The number of imidazole rings is 1. The summed E-state index contributed by atoms with van der Waals surface area (Å²) < 4.78 is 20.0. The predicted molar refractivity (Wildman–Crippen MR) is 67.1 cm³/mol. The van der Waals surface area contributed by atoms with Crippen LogP contribution in [-0.2, 0) is 0 Å². The standard InChI is InChI=1S/C14H11FN2O/c1-18-14-4-2-3-13-16-12(9-17(13)14)10-5-7-11(15)8-6-10/h2-9H,1H3. The fourth-order valence-corrected chi connectivity index (χ4v) is 1.91. The second kappa shape index (κ2) is 4.14. The van der Waals surface area contributed by atoms with Crippen molar-refractivity contribution in [1.82, 2.24) is 9.38 Å². The van der Waals surface area contributed by atoms with E-state index in [0.29, 0.717) is 5.88 Å². The normalized spacial score (nSPS) is 10.8. The smallest absolute Gasteiger partial charge is 0.198 e. The summed E-state index contributed by atoms with van der Waals surface area (Å²) >= 11 is 0. The Balaban J connectivity index is 2.16. The van der Waals surface area contributed by atoms with Crippen LogP contribution in [0.4, 0.5) is 4.39 Å². The van der Waals surface area contributed by atoms with Crippen molar-refractivity contribution in [3.63, 3.8) is 0 Å². The van der Waals surface area contributed by atoms with Crippen molar-refractivity contribution in [2.24, 2.45) is 0 Å². The lowest BCUT2D eigenvalue weighted by Crippen LogP contribution is -1.91. The number of halogens is 1. The Morgan fingerprint density at radius 2 is 1.89 bits per heavy atom. The SMILES string of the molecule is COc1cccc2nc(-c3ccc(F)cc3)cn12. The highest BCUT2D eigenvalue weighted by Gasteiger charge is 2.07. The van der Waals surface area contributed by atoms with Crippen LogP contribution in [0.3, 0.4) is 0 Å². The average molecular weight is 242 g/mol. The number of pyridine rings is 1. The van der Waals surface area contributed by atoms with Gasteiger partial charge in [0.15, 0.2) is 5.88 Å². The summed E-state index contributed by atoms with van der Waals surface area (Å²) in [5, 5.41) is 0. The van der Waals surface area contributed by atoms with Gasteiger partial charge >= 0.3 is 0 Å². The maximum absolute atomic E-state index is 12.9. The zero-order valence-corrected chi connectivity index (χ0v) is 9.80. The van der Waals surface area contributed by atoms with Gasteiger partial charge in [-0.15, -0.1) is 0 Å². The van der Waals surface area contributed by atoms with Crippen LogP contribution >= 0.6 is 0 Å². The summed E-state index contributed by atoms with van der Waals surface area (Å²) in [5.74, 6) is 0.466. The minimum absolute atomic E-state index is 0.250. The lowest BCUT2D eigenvalue weighted by Gasteiger charge is -2.01. The molecule has 0 bridgehead atoms. The van der Waals surface area contributed by atoms with E-state index < -0.39 is 0 Å². The quantitative estimate of drug-likeness (QED) is 0.690. The zero-order valence-electron chi connectivity index (χ0n) is 9.80. The van der Waals surface area contributed by atoms with E-state index in [2.05, 4.69) is 4.98 Å². The molecule has 0 atom stereocenters. The van der Waals surface area contributed by atoms with Crippen LogP contribution in [0.15, 0.2) is 48.7 Å². The molecule has 3 rings (SSSR count). The van der Waals surface area contributed by atoms with Gasteiger partial charge in [-0.25, -0.2) is 9.37 Å². The molecule has 0 unspecified atom stereocenters. The van der Waals surface area contributed by atoms with E-state index in [4.69, 9.17) is 4.74 Å². The highest BCUT2D eigenvalue weighted by Crippen LogP contribution is 2.22. The fraction of sp³-hybridized carbons (Fsp3) is 0.0714. The molecule has 3 aromatic rings. The van der Waals surface area contributed by atoms with Crippen molar-refractivity contribution < 1.29 is 9.13 Å². The van der Waals surface area contributed by atoms with Crippen molar-refractivity contribution in [2.45, 2.75) is 0 Å². The highest BCUT2D eigenvalue weighted by atomic mass is 19.1. The Morgan fingerprint density at radius 3 is 2.61 bits per heavy atom. The summed E-state index contributed by atoms with van der Waals surface area (Å²) in [5.41, 5.74) is 2.47. The van der Waals surface area contributed by atoms with E-state index in [9.17, 15) is 4.39 Å². The van der Waals surface area contributed by atoms with Gasteiger partial charge in [0.1, 0.15) is 11.5 Å². The first-order valence-corrected chi connectivity index (χ1v) is 5.56. The minimum atomic E-state index is -0.250. The summed E-state index contributed by atoms with van der Waals surface area (Å²) in [6.45, 7) is 0. The molecule has 2 aromatic heterocycles. The molecule has 0 aliphatic rings. The average Bonchev–Trinajstić information content (AvgIpc) is 2.83. The Bertz CT molecular complexity index is 689. The van der Waals surface area contributed by atoms with Gasteiger partial charge in [-0.2, -0.15) is 0 Å². The molecule has 0 aliphatic heterocycles. The lowest BCUT2D eigenvalue weighted by atomic mass is 10.2. The molecule has 3 nitrogen and oxygen atoms in total. The first-order valence-electron chi connectivity index (χ1n) is 5.56. The van der Waals surface area contributed by atoms with Gasteiger partial charge in [-0.05, 0) is 36.4 Å². The van der Waals surface area contributed by atoms with Crippen LogP contribution < -0.4 is 4.74 Å². The third-order valence-corrected chi connectivity index (χ3v) is 2.80. The molecule has 0 fully saturated rings. The third-order valence-electron chi connectivity index (χ3n) is 2.80. The fourth-order valence-electron chi connectivity index (χ4n) is 1.91. The maximum atomic E-state index is 12.9. The van der Waals surface area contributed by atoms with Gasteiger partial charge in [0.2, 0.25) is 0 Å². The van der Waals surface area contributed by atoms with Crippen molar-refractivity contribution in [3.05, 3.63) is 54.5 Å². The summed E-state index contributed by atoms with van der Waals surface area (Å²) in [4.78, 5) is 4.48. The molecule has 0 aliphatic carbocycles. The molecule has 0 N–H and O–H groups in total. The second-order valence-electron chi connectivity index (χ2n) is 3.93. The predicted octanol–water partition coefficient (Wildman–Crippen LogP) is 3.15. The molecule has 1 aromatic carbocycles. The summed E-state index contributed by atoms with van der Waals surface area (Å²) in [6, 6.07) is 11.9. The Morgan fingerprint density at radius 1 is 1.11 bits per heavy atom. The number of rotatable bonds is 2. The second-order valence-corrected chi connectivity index (χ2v) is 3.93. The van der Waals surface area contributed by atoms with E-state index in [-0.39, 0.29) is 5.82 Å². The van der Waals surface area contributed by atoms with Crippen LogP contribution in [0.25, 0.3) is 16.9 Å². The topological polar surface area (TPSA) is 26.5 Å². The van der Waals surface area contributed by atoms with Crippen molar-refractivity contribution in [2.75, 3.05) is 7.11 Å². The van der Waals surface area contributed by atoms with Gasteiger partial charge in [-0.1, -0.05) is 6.07 Å². The van der Waals surface area contributed by atoms with E-state index in [1.54, 1.807) is 19.2 Å². The van der Waals surface area contributed by atoms with Crippen molar-refractivity contribution in [3.8, 4) is 17.1 Å². The van der Waals surface area contributed by atoms with Gasteiger partial charge in [0.25, 0.3) is 0 Å². The molecule has 2 heterocycles. The van der Waals surface area contributed by atoms with Gasteiger partial charge in [0, 0.05) is 11.8 Å². The van der Waals surface area contributed by atoms with Gasteiger partial charge < -0.3 is 4.74 Å². The number of aromatic nitrogens is 2. The van der Waals surface area contributed by atoms with Crippen LogP contribution in [0.2, 0.25) is 0 Å². The Kier molecular flexibility index (Phi) is 2.48. The van der Waals surface area contributed by atoms with Crippen molar-refractivity contribution in [1.29, 1.82) is 0 Å². The van der Waals surface area contributed by atoms with Gasteiger partial charge in [0.05, 0.1) is 12.8 Å². The molecule has 90 valence electrons. The number of fused-ring (bicyclic) bond motifs is 1. The van der Waals surface area contributed by atoms with Crippen LogP contribution in [0.1, 0.15) is 0 Å². The number of benzene rings is 1. The van der Waals surface area contributed by atoms with Crippen LogP contribution in [0.5, 0.6) is 5.88 Å². The Labute approximate surface area is 103 Å². The monoisotopic (exact) mass is 242 g/mol. The zero-order chi connectivity index (χ0) is 12.5. The van der Waals surface area contributed by atoms with Gasteiger partial charge in [-0.3, -0.25) is 4.40 Å². The lowest BCUT2D eigenvalue weighted by molar-refractivity contribution is 0.392. The molecular formula is C14H11FN2O. The number of hydrogen-bond donors (Lipinski definition) is 0. The maximum Gasteiger partial charge on any atom is 0.198 e. The molecule has 0 spiro atoms. The first kappa shape index (κ1) is 10.8. The summed E-state index contributed by atoms with van der Waals surface area (Å²) in [7, 11) is 1.62. The number of hydrogen-bond acceptors (Lipinski definition) is 2. The molecule has 4 heteroatoms. The number of ether oxygens (including phenoxy) is 1. The number of nitrogens with zero attached hydrogens (tertiary/aromatic N) is 2. The first-order chi connectivity index (χ1) is 8.78. The molecular weight excluding hydrogens is 231 g/mol. The Hall–Kier alpha value is -2.36. The van der Waals surface area contributed by atoms with E-state index in [0.717, 1.165) is 16.9 Å². The van der Waals surface area contributed by atoms with E-state index in [1.807, 2.05) is 28.8 Å². The number of methoxy groups -OCH3 is 1. The van der Waals surface area contributed by atoms with Crippen LogP contribution in [0, 0.1) is 5.82 Å². The van der Waals surface area contributed by atoms with Crippen LogP contribution in [-0.4, -0.2) is 16.5 Å². The van der Waals surface area contributed by atoms with Crippen molar-refractivity contribution >= 4 is 5.65 Å².